The van der Waals surface area contributed by atoms with Crippen molar-refractivity contribution in [1.82, 2.24) is 10.3 Å². The van der Waals surface area contributed by atoms with Crippen molar-refractivity contribution < 1.29 is 4.74 Å². The summed E-state index contributed by atoms with van der Waals surface area (Å²) in [4.78, 5) is 7.72. The fourth-order valence-electron chi connectivity index (χ4n) is 2.84. The zero-order chi connectivity index (χ0) is 14.5. The molecule has 1 heterocycles. The normalized spacial score (nSPS) is 18.0. The molecule has 20 heavy (non-hydrogen) atoms. The summed E-state index contributed by atoms with van der Waals surface area (Å²) in [6, 6.07) is 0.574. The highest BCUT2D eigenvalue weighted by Crippen LogP contribution is 2.31. The molecule has 0 aromatic carbocycles. The SMILES string of the molecule is COc1nc(N(C)C)sc1CN[C@@H](C)C1CCCCC1. The molecule has 1 aliphatic rings. The van der Waals surface area contributed by atoms with Gasteiger partial charge >= 0.3 is 0 Å². The molecule has 0 unspecified atom stereocenters. The lowest BCUT2D eigenvalue weighted by Crippen LogP contribution is -2.34. The molecule has 1 aromatic rings. The summed E-state index contributed by atoms with van der Waals surface area (Å²) in [5.41, 5.74) is 0. The third-order valence-electron chi connectivity index (χ3n) is 4.17. The van der Waals surface area contributed by atoms with Gasteiger partial charge in [-0.05, 0) is 25.7 Å². The van der Waals surface area contributed by atoms with Crippen LogP contribution >= 0.6 is 11.3 Å². The van der Waals surface area contributed by atoms with E-state index in [1.54, 1.807) is 18.4 Å². The van der Waals surface area contributed by atoms with Crippen LogP contribution in [0.3, 0.4) is 0 Å². The first kappa shape index (κ1) is 15.6. The summed E-state index contributed by atoms with van der Waals surface area (Å²) in [5.74, 6) is 1.60. The van der Waals surface area contributed by atoms with Crippen LogP contribution in [0.1, 0.15) is 43.9 Å². The summed E-state index contributed by atoms with van der Waals surface area (Å²) in [6.07, 6.45) is 6.95. The Bertz CT molecular complexity index is 413. The molecule has 1 aromatic heterocycles. The van der Waals surface area contributed by atoms with Gasteiger partial charge in [0.2, 0.25) is 5.88 Å². The third kappa shape index (κ3) is 3.85. The average Bonchev–Trinajstić information content (AvgIpc) is 2.89. The highest BCUT2D eigenvalue weighted by molar-refractivity contribution is 7.15. The molecule has 0 spiro atoms. The minimum atomic E-state index is 0.574. The lowest BCUT2D eigenvalue weighted by Gasteiger charge is -2.28. The van der Waals surface area contributed by atoms with Crippen LogP contribution in [0.15, 0.2) is 0 Å². The molecule has 114 valence electrons. The minimum absolute atomic E-state index is 0.574. The van der Waals surface area contributed by atoms with E-state index >= 15 is 0 Å². The van der Waals surface area contributed by atoms with Crippen molar-refractivity contribution >= 4 is 16.5 Å². The van der Waals surface area contributed by atoms with Gasteiger partial charge < -0.3 is 15.0 Å². The Labute approximate surface area is 126 Å². The molecule has 2 rings (SSSR count). The van der Waals surface area contributed by atoms with E-state index in [9.17, 15) is 0 Å². The Hall–Kier alpha value is -0.810. The van der Waals surface area contributed by atoms with Gasteiger partial charge in [0.15, 0.2) is 5.13 Å². The third-order valence-corrected chi connectivity index (χ3v) is 5.37. The molecule has 0 amide bonds. The van der Waals surface area contributed by atoms with Gasteiger partial charge in [-0.3, -0.25) is 0 Å². The monoisotopic (exact) mass is 297 g/mol. The molecular formula is C15H27N3OS. The number of ether oxygens (including phenoxy) is 1. The van der Waals surface area contributed by atoms with Crippen LogP contribution in [0.2, 0.25) is 0 Å². The Balaban J connectivity index is 1.92. The summed E-state index contributed by atoms with van der Waals surface area (Å²) >= 11 is 1.71. The van der Waals surface area contributed by atoms with Gasteiger partial charge in [-0.25, -0.2) is 0 Å². The number of nitrogens with zero attached hydrogens (tertiary/aromatic N) is 2. The number of aromatic nitrogens is 1. The highest BCUT2D eigenvalue weighted by Gasteiger charge is 2.21. The maximum absolute atomic E-state index is 5.39. The van der Waals surface area contributed by atoms with E-state index in [0.717, 1.165) is 23.5 Å². The van der Waals surface area contributed by atoms with Crippen molar-refractivity contribution in [3.63, 3.8) is 0 Å². The van der Waals surface area contributed by atoms with Crippen LogP contribution in [0.25, 0.3) is 0 Å². The lowest BCUT2D eigenvalue weighted by atomic mass is 9.84. The summed E-state index contributed by atoms with van der Waals surface area (Å²) in [7, 11) is 5.73. The molecule has 1 aliphatic carbocycles. The van der Waals surface area contributed by atoms with Crippen LogP contribution in [-0.4, -0.2) is 32.2 Å². The van der Waals surface area contributed by atoms with Gasteiger partial charge in [-0.1, -0.05) is 30.6 Å². The number of methoxy groups -OCH3 is 1. The van der Waals surface area contributed by atoms with Crippen molar-refractivity contribution in [3.8, 4) is 5.88 Å². The van der Waals surface area contributed by atoms with E-state index in [-0.39, 0.29) is 0 Å². The largest absolute Gasteiger partial charge is 0.480 e. The number of hydrogen-bond donors (Lipinski definition) is 1. The fourth-order valence-corrected chi connectivity index (χ4v) is 3.75. The second-order valence-corrected chi connectivity index (χ2v) is 6.95. The van der Waals surface area contributed by atoms with Gasteiger partial charge in [0.05, 0.1) is 12.0 Å². The smallest absolute Gasteiger partial charge is 0.230 e. The Morgan fingerprint density at radius 3 is 2.65 bits per heavy atom. The molecule has 5 heteroatoms. The van der Waals surface area contributed by atoms with Crippen LogP contribution in [-0.2, 0) is 6.54 Å². The molecule has 1 fully saturated rings. The molecule has 0 bridgehead atoms. The number of nitrogens with one attached hydrogen (secondary N) is 1. The van der Waals surface area contributed by atoms with Gasteiger partial charge in [-0.2, -0.15) is 4.98 Å². The van der Waals surface area contributed by atoms with E-state index in [4.69, 9.17) is 4.74 Å². The molecule has 1 N–H and O–H groups in total. The van der Waals surface area contributed by atoms with Gasteiger partial charge in [0.1, 0.15) is 0 Å². The summed E-state index contributed by atoms with van der Waals surface area (Å²) < 4.78 is 5.39. The van der Waals surface area contributed by atoms with Crippen molar-refractivity contribution in [2.24, 2.45) is 5.92 Å². The van der Waals surface area contributed by atoms with Crippen LogP contribution in [0.5, 0.6) is 5.88 Å². The molecule has 0 aliphatic heterocycles. The Morgan fingerprint density at radius 2 is 2.05 bits per heavy atom. The van der Waals surface area contributed by atoms with E-state index < -0.39 is 0 Å². The molecule has 1 saturated carbocycles. The number of hydrogen-bond acceptors (Lipinski definition) is 5. The molecular weight excluding hydrogens is 270 g/mol. The number of rotatable bonds is 6. The molecule has 0 saturated heterocycles. The summed E-state index contributed by atoms with van der Waals surface area (Å²) in [6.45, 7) is 3.17. The molecule has 0 radical (unpaired) electrons. The fraction of sp³-hybridized carbons (Fsp3) is 0.800. The van der Waals surface area contributed by atoms with Gasteiger partial charge in [-0.15, -0.1) is 0 Å². The van der Waals surface area contributed by atoms with Crippen molar-refractivity contribution in [3.05, 3.63) is 4.88 Å². The predicted molar refractivity (Wildman–Crippen MR) is 85.9 cm³/mol. The standard InChI is InChI=1S/C15H27N3OS/c1-11(12-8-6-5-7-9-12)16-10-13-14(19-4)17-15(20-13)18(2)3/h11-12,16H,5-10H2,1-4H3/t11-/m0/s1. The minimum Gasteiger partial charge on any atom is -0.480 e. The van der Waals surface area contributed by atoms with Crippen LogP contribution in [0.4, 0.5) is 5.13 Å². The quantitative estimate of drug-likeness (QED) is 0.874. The number of anilines is 1. The van der Waals surface area contributed by atoms with Gasteiger partial charge in [0.25, 0.3) is 0 Å². The van der Waals surface area contributed by atoms with Crippen LogP contribution < -0.4 is 15.0 Å². The first-order valence-corrected chi connectivity index (χ1v) is 8.38. The zero-order valence-corrected chi connectivity index (χ0v) is 13.9. The highest BCUT2D eigenvalue weighted by atomic mass is 32.1. The maximum atomic E-state index is 5.39. The second-order valence-electron chi connectivity index (χ2n) is 5.89. The van der Waals surface area contributed by atoms with E-state index in [1.165, 1.54) is 37.0 Å². The molecule has 4 nitrogen and oxygen atoms in total. The topological polar surface area (TPSA) is 37.4 Å². The van der Waals surface area contributed by atoms with E-state index in [0.29, 0.717) is 6.04 Å². The van der Waals surface area contributed by atoms with Gasteiger partial charge in [0, 0.05) is 26.7 Å². The first-order chi connectivity index (χ1) is 9.61. The van der Waals surface area contributed by atoms with Crippen molar-refractivity contribution in [2.45, 2.75) is 51.6 Å². The lowest BCUT2D eigenvalue weighted by molar-refractivity contribution is 0.280. The predicted octanol–water partition coefficient (Wildman–Crippen LogP) is 3.28. The Morgan fingerprint density at radius 1 is 1.35 bits per heavy atom. The van der Waals surface area contributed by atoms with Crippen LogP contribution in [0, 0.1) is 5.92 Å². The maximum Gasteiger partial charge on any atom is 0.230 e. The van der Waals surface area contributed by atoms with Crippen molar-refractivity contribution in [2.75, 3.05) is 26.1 Å². The second kappa shape index (κ2) is 7.27. The number of thiazole rings is 1. The summed E-state index contributed by atoms with van der Waals surface area (Å²) in [5, 5.41) is 4.67. The average molecular weight is 297 g/mol. The Kier molecular flexibility index (Phi) is 5.66. The zero-order valence-electron chi connectivity index (χ0n) is 13.1. The molecule has 1 atom stereocenters. The first-order valence-electron chi connectivity index (χ1n) is 7.56. The van der Waals surface area contributed by atoms with E-state index in [2.05, 4.69) is 17.2 Å². The van der Waals surface area contributed by atoms with E-state index in [1.807, 2.05) is 19.0 Å². The van der Waals surface area contributed by atoms with Crippen molar-refractivity contribution in [1.29, 1.82) is 0 Å².